The van der Waals surface area contributed by atoms with Crippen molar-refractivity contribution in [3.63, 3.8) is 0 Å². The second-order valence-electron chi connectivity index (χ2n) is 14.4. The maximum atomic E-state index is 9.53. The molecule has 0 N–H and O–H groups in total. The summed E-state index contributed by atoms with van der Waals surface area (Å²) >= 11 is 1.23. The lowest BCUT2D eigenvalue weighted by Crippen LogP contribution is -2.02. The van der Waals surface area contributed by atoms with E-state index in [0.717, 1.165) is 54.5 Å². The van der Waals surface area contributed by atoms with Crippen LogP contribution in [0.4, 0.5) is 0 Å². The molecule has 0 aliphatic heterocycles. The SMILES string of the molecule is [2H]c1cc([2H])c2sc3c(-c4ccc(-c5nc(-c6ccc7ccccc7c6)nc(-c6ccc7ccccc7c6)n5)cc4-n4c5ccccc5c5ccccc54)c([2H])c([2H])c([2H])c3c2c1[2H]. The highest BCUT2D eigenvalue weighted by Crippen LogP contribution is 2.44. The van der Waals surface area contributed by atoms with Gasteiger partial charge in [0.05, 0.1) is 24.9 Å². The number of aromatic nitrogens is 4. The Morgan fingerprint density at radius 1 is 0.414 bits per heavy atom. The molecule has 0 aliphatic carbocycles. The standard InChI is InChI=1S/C53H32N4S/c1-3-14-35-30-37(26-24-33(35)12-1)51-54-52(38-27-25-34-13-2-4-15-36(34)31-38)56-53(55-51)39-28-29-42(44-19-11-20-45-43-18-7-10-23-49(43)58-50(44)45)48(32-39)57-46-21-8-5-16-40(46)41-17-6-9-22-47(41)57/h1-32H/i7D,11D,18D,19D,20D,23D. The zero-order valence-electron chi connectivity index (χ0n) is 36.7. The maximum Gasteiger partial charge on any atom is 0.164 e. The lowest BCUT2D eigenvalue weighted by Gasteiger charge is -2.17. The lowest BCUT2D eigenvalue weighted by atomic mass is 9.98. The second kappa shape index (κ2) is 13.1. The molecule has 0 saturated carbocycles. The molecule has 5 heteroatoms. The predicted molar refractivity (Wildman–Crippen MR) is 244 cm³/mol. The summed E-state index contributed by atoms with van der Waals surface area (Å²) in [7, 11) is 0. The normalized spacial score (nSPS) is 13.2. The smallest absolute Gasteiger partial charge is 0.164 e. The molecule has 3 heterocycles. The third-order valence-electron chi connectivity index (χ3n) is 11.0. The molecular formula is C53H32N4S. The van der Waals surface area contributed by atoms with Crippen molar-refractivity contribution in [2.75, 3.05) is 0 Å². The van der Waals surface area contributed by atoms with Gasteiger partial charge >= 0.3 is 0 Å². The molecule has 12 rings (SSSR count). The molecule has 0 radical (unpaired) electrons. The van der Waals surface area contributed by atoms with Gasteiger partial charge in [-0.05, 0) is 57.9 Å². The highest BCUT2D eigenvalue weighted by atomic mass is 32.1. The van der Waals surface area contributed by atoms with Crippen molar-refractivity contribution in [2.24, 2.45) is 0 Å². The van der Waals surface area contributed by atoms with E-state index in [1.807, 2.05) is 78.9 Å². The van der Waals surface area contributed by atoms with Gasteiger partial charge in [0.1, 0.15) is 0 Å². The monoisotopic (exact) mass is 762 g/mol. The Labute approximate surface area is 346 Å². The van der Waals surface area contributed by atoms with E-state index in [2.05, 4.69) is 77.4 Å². The number of nitrogens with zero attached hydrogens (tertiary/aromatic N) is 4. The van der Waals surface area contributed by atoms with Crippen molar-refractivity contribution in [1.29, 1.82) is 0 Å². The van der Waals surface area contributed by atoms with E-state index in [-0.39, 0.29) is 36.3 Å². The first kappa shape index (κ1) is 27.2. The van der Waals surface area contributed by atoms with Crippen LogP contribution < -0.4 is 0 Å². The van der Waals surface area contributed by atoms with Crippen LogP contribution in [-0.4, -0.2) is 19.5 Å². The van der Waals surface area contributed by atoms with Crippen LogP contribution in [0.3, 0.4) is 0 Å². The molecule has 9 aromatic carbocycles. The van der Waals surface area contributed by atoms with E-state index < -0.39 is 0 Å². The average molecular weight is 763 g/mol. The summed E-state index contributed by atoms with van der Waals surface area (Å²) in [5.74, 6) is 1.46. The van der Waals surface area contributed by atoms with Gasteiger partial charge in [-0.15, -0.1) is 11.3 Å². The highest BCUT2D eigenvalue weighted by molar-refractivity contribution is 7.26. The van der Waals surface area contributed by atoms with Gasteiger partial charge in [0.2, 0.25) is 0 Å². The summed E-state index contributed by atoms with van der Waals surface area (Å²) in [6.07, 6.45) is 0. The van der Waals surface area contributed by atoms with E-state index in [4.69, 9.17) is 21.8 Å². The van der Waals surface area contributed by atoms with Crippen molar-refractivity contribution >= 4 is 74.9 Å². The Morgan fingerprint density at radius 3 is 1.59 bits per heavy atom. The number of hydrogen-bond acceptors (Lipinski definition) is 4. The van der Waals surface area contributed by atoms with E-state index >= 15 is 0 Å². The highest BCUT2D eigenvalue weighted by Gasteiger charge is 2.21. The van der Waals surface area contributed by atoms with E-state index in [9.17, 15) is 1.37 Å². The van der Waals surface area contributed by atoms with Crippen LogP contribution in [-0.2, 0) is 0 Å². The summed E-state index contributed by atoms with van der Waals surface area (Å²) < 4.78 is 57.1. The average Bonchev–Trinajstić information content (AvgIpc) is 3.90. The molecule has 0 unspecified atom stereocenters. The Kier molecular flexibility index (Phi) is 6.12. The molecule has 12 aromatic rings. The fourth-order valence-corrected chi connectivity index (χ4v) is 9.32. The minimum absolute atomic E-state index is 0.0675. The molecule has 4 nitrogen and oxygen atoms in total. The Hall–Kier alpha value is -7.47. The van der Waals surface area contributed by atoms with Crippen LogP contribution in [0.1, 0.15) is 8.22 Å². The number of thiophene rings is 1. The van der Waals surface area contributed by atoms with E-state index in [1.54, 1.807) is 0 Å². The molecule has 0 bridgehead atoms. The van der Waals surface area contributed by atoms with Crippen LogP contribution in [0.15, 0.2) is 194 Å². The van der Waals surface area contributed by atoms with Crippen LogP contribution in [0.2, 0.25) is 0 Å². The van der Waals surface area contributed by atoms with Crippen LogP contribution >= 0.6 is 11.3 Å². The number of fused-ring (bicyclic) bond motifs is 8. The van der Waals surface area contributed by atoms with Crippen molar-refractivity contribution in [3.8, 4) is 51.0 Å². The predicted octanol–water partition coefficient (Wildman–Crippen LogP) is 14.3. The van der Waals surface area contributed by atoms with E-state index in [1.165, 1.54) is 17.4 Å². The number of rotatable bonds is 5. The van der Waals surface area contributed by atoms with Crippen molar-refractivity contribution in [3.05, 3.63) is 194 Å². The molecule has 0 atom stereocenters. The second-order valence-corrected chi connectivity index (χ2v) is 15.4. The minimum Gasteiger partial charge on any atom is -0.309 e. The first-order valence-electron chi connectivity index (χ1n) is 22.0. The zero-order valence-corrected chi connectivity index (χ0v) is 31.5. The van der Waals surface area contributed by atoms with Gasteiger partial charge in [-0.3, -0.25) is 0 Å². The van der Waals surface area contributed by atoms with Gasteiger partial charge in [0, 0.05) is 58.8 Å². The third-order valence-corrected chi connectivity index (χ3v) is 12.1. The fraction of sp³-hybridized carbons (Fsp3) is 0. The summed E-state index contributed by atoms with van der Waals surface area (Å²) in [5, 5.41) is 7.01. The molecule has 0 amide bonds. The van der Waals surface area contributed by atoms with Crippen LogP contribution in [0, 0.1) is 0 Å². The Morgan fingerprint density at radius 2 is 0.948 bits per heavy atom. The number of benzene rings is 9. The third kappa shape index (κ3) is 5.25. The molecule has 0 saturated heterocycles. The van der Waals surface area contributed by atoms with Gasteiger partial charge in [0.25, 0.3) is 0 Å². The summed E-state index contributed by atoms with van der Waals surface area (Å²) in [4.78, 5) is 15.5. The fourth-order valence-electron chi connectivity index (χ4n) is 8.23. The maximum absolute atomic E-state index is 9.53. The van der Waals surface area contributed by atoms with Crippen LogP contribution in [0.5, 0.6) is 0 Å². The van der Waals surface area contributed by atoms with Gasteiger partial charge in [0.15, 0.2) is 17.5 Å². The van der Waals surface area contributed by atoms with Crippen molar-refractivity contribution < 1.29 is 8.22 Å². The number of para-hydroxylation sites is 2. The van der Waals surface area contributed by atoms with Crippen molar-refractivity contribution in [1.82, 2.24) is 19.5 Å². The first-order chi connectivity index (χ1) is 31.2. The van der Waals surface area contributed by atoms with Gasteiger partial charge < -0.3 is 4.57 Å². The summed E-state index contributed by atoms with van der Waals surface area (Å²) in [6, 6.07) is 51.6. The molecule has 58 heavy (non-hydrogen) atoms. The topological polar surface area (TPSA) is 43.6 Å². The molecular weight excluding hydrogens is 725 g/mol. The molecule has 0 fully saturated rings. The Balaban J connectivity index is 1.17. The largest absolute Gasteiger partial charge is 0.309 e. The first-order valence-corrected chi connectivity index (χ1v) is 19.8. The molecule has 0 aliphatic rings. The van der Waals surface area contributed by atoms with Gasteiger partial charge in [-0.2, -0.15) is 0 Å². The lowest BCUT2D eigenvalue weighted by molar-refractivity contribution is 1.07. The zero-order chi connectivity index (χ0) is 43.4. The van der Waals surface area contributed by atoms with Gasteiger partial charge in [-0.1, -0.05) is 158 Å². The van der Waals surface area contributed by atoms with Crippen molar-refractivity contribution in [2.45, 2.75) is 0 Å². The summed E-state index contributed by atoms with van der Waals surface area (Å²) in [6.45, 7) is 0. The van der Waals surface area contributed by atoms with E-state index in [0.29, 0.717) is 60.0 Å². The Bertz CT molecular complexity index is 3800. The molecule has 3 aromatic heterocycles. The number of hydrogen-bond donors (Lipinski definition) is 0. The minimum atomic E-state index is -0.293. The summed E-state index contributed by atoms with van der Waals surface area (Å²) in [5.41, 5.74) is 5.94. The molecule has 270 valence electrons. The molecule has 0 spiro atoms. The van der Waals surface area contributed by atoms with Crippen LogP contribution in [0.25, 0.3) is 115 Å². The quantitative estimate of drug-likeness (QED) is 0.175. The van der Waals surface area contributed by atoms with Gasteiger partial charge in [-0.25, -0.2) is 15.0 Å².